The number of carbonyl (C=O) groups is 2. The van der Waals surface area contributed by atoms with Gasteiger partial charge in [-0.1, -0.05) is 24.6 Å². The summed E-state index contributed by atoms with van der Waals surface area (Å²) in [5.41, 5.74) is 3.00. The number of hydrogen-bond donors (Lipinski definition) is 0. The van der Waals surface area contributed by atoms with Gasteiger partial charge >= 0.3 is 11.9 Å². The van der Waals surface area contributed by atoms with E-state index in [0.29, 0.717) is 5.57 Å². The molecule has 2 fully saturated rings. The first-order valence-electron chi connectivity index (χ1n) is 7.60. The molecule has 21 heavy (non-hydrogen) atoms. The molecule has 0 aromatic carbocycles. The summed E-state index contributed by atoms with van der Waals surface area (Å²) in [5, 5.41) is 0. The Balaban J connectivity index is 2.08. The average Bonchev–Trinajstić information content (AvgIpc) is 2.67. The smallest absolute Gasteiger partial charge is 0.334 e. The van der Waals surface area contributed by atoms with Crippen LogP contribution >= 0.6 is 0 Å². The van der Waals surface area contributed by atoms with Crippen LogP contribution in [-0.4, -0.2) is 24.1 Å². The maximum atomic E-state index is 11.9. The molecule has 0 unspecified atom stereocenters. The molecule has 1 saturated carbocycles. The summed E-state index contributed by atoms with van der Waals surface area (Å²) in [6.45, 7) is 9.59. The number of fused-ring (bicyclic) bond motifs is 2. The van der Waals surface area contributed by atoms with Crippen LogP contribution in [0.5, 0.6) is 0 Å². The van der Waals surface area contributed by atoms with E-state index in [0.717, 1.165) is 25.7 Å². The molecule has 0 aromatic heterocycles. The van der Waals surface area contributed by atoms with Crippen LogP contribution in [0.25, 0.3) is 0 Å². The normalized spacial score (nSPS) is 38.7. The Morgan fingerprint density at radius 1 is 1.48 bits per heavy atom. The zero-order chi connectivity index (χ0) is 15.4. The highest BCUT2D eigenvalue weighted by atomic mass is 16.6. The fourth-order valence-electron chi connectivity index (χ4n) is 4.33. The first kappa shape index (κ1) is 14.4. The van der Waals surface area contributed by atoms with E-state index in [2.05, 4.69) is 20.4 Å². The van der Waals surface area contributed by atoms with Crippen LogP contribution in [0.3, 0.4) is 0 Å². The van der Waals surface area contributed by atoms with Gasteiger partial charge in [0.25, 0.3) is 0 Å². The summed E-state index contributed by atoms with van der Waals surface area (Å²) in [7, 11) is 0. The SMILES string of the molecule is C=C1C(=O)O[C@H]2[C@@H](OC(C)=O)[C@]3(C)CCCC(C)=C3C[C@@H]12. The molecule has 3 aliphatic rings. The minimum atomic E-state index is -0.401. The Hall–Kier alpha value is -1.58. The van der Waals surface area contributed by atoms with E-state index in [9.17, 15) is 9.59 Å². The third kappa shape index (κ3) is 2.03. The van der Waals surface area contributed by atoms with Crippen molar-refractivity contribution < 1.29 is 19.1 Å². The van der Waals surface area contributed by atoms with Crippen molar-refractivity contribution in [3.63, 3.8) is 0 Å². The quantitative estimate of drug-likeness (QED) is 0.423. The minimum absolute atomic E-state index is 0.0574. The number of carbonyl (C=O) groups excluding carboxylic acids is 2. The van der Waals surface area contributed by atoms with Gasteiger partial charge in [0.05, 0.1) is 0 Å². The second kappa shape index (κ2) is 4.72. The first-order chi connectivity index (χ1) is 9.84. The molecule has 1 aliphatic heterocycles. The number of ether oxygens (including phenoxy) is 2. The largest absolute Gasteiger partial charge is 0.458 e. The Bertz CT molecular complexity index is 559. The minimum Gasteiger partial charge on any atom is -0.458 e. The van der Waals surface area contributed by atoms with Crippen molar-refractivity contribution in [2.45, 2.75) is 58.7 Å². The van der Waals surface area contributed by atoms with Crippen molar-refractivity contribution in [3.05, 3.63) is 23.3 Å². The molecule has 114 valence electrons. The summed E-state index contributed by atoms with van der Waals surface area (Å²) in [6.07, 6.45) is 3.14. The van der Waals surface area contributed by atoms with E-state index in [1.807, 2.05) is 0 Å². The van der Waals surface area contributed by atoms with Crippen LogP contribution in [0.15, 0.2) is 23.3 Å². The summed E-state index contributed by atoms with van der Waals surface area (Å²) in [6, 6.07) is 0. The van der Waals surface area contributed by atoms with Crippen LogP contribution in [0.4, 0.5) is 0 Å². The molecule has 4 atom stereocenters. The van der Waals surface area contributed by atoms with Gasteiger partial charge in [-0.2, -0.15) is 0 Å². The molecule has 0 aromatic rings. The van der Waals surface area contributed by atoms with Crippen molar-refractivity contribution in [1.82, 2.24) is 0 Å². The molecule has 1 saturated heterocycles. The van der Waals surface area contributed by atoms with E-state index in [1.54, 1.807) is 0 Å². The van der Waals surface area contributed by atoms with Crippen molar-refractivity contribution in [2.24, 2.45) is 11.3 Å². The zero-order valence-corrected chi connectivity index (χ0v) is 12.9. The van der Waals surface area contributed by atoms with E-state index >= 15 is 0 Å². The van der Waals surface area contributed by atoms with Gasteiger partial charge in [-0.3, -0.25) is 4.79 Å². The summed E-state index contributed by atoms with van der Waals surface area (Å²) in [5.74, 6) is -0.723. The third-order valence-electron chi connectivity index (χ3n) is 5.45. The number of esters is 2. The molecular weight excluding hydrogens is 268 g/mol. The number of hydrogen-bond acceptors (Lipinski definition) is 4. The van der Waals surface area contributed by atoms with Gasteiger partial charge in [0.2, 0.25) is 0 Å². The highest BCUT2D eigenvalue weighted by Crippen LogP contribution is 2.55. The number of rotatable bonds is 1. The summed E-state index contributed by atoms with van der Waals surface area (Å²) >= 11 is 0. The van der Waals surface area contributed by atoms with Gasteiger partial charge in [0.15, 0.2) is 0 Å². The number of allylic oxidation sites excluding steroid dienone is 1. The second-order valence-corrected chi connectivity index (χ2v) is 6.77. The van der Waals surface area contributed by atoms with Crippen molar-refractivity contribution in [1.29, 1.82) is 0 Å². The summed E-state index contributed by atoms with van der Waals surface area (Å²) < 4.78 is 11.1. The monoisotopic (exact) mass is 290 g/mol. The second-order valence-electron chi connectivity index (χ2n) is 6.77. The zero-order valence-electron chi connectivity index (χ0n) is 12.9. The molecule has 3 rings (SSSR count). The lowest BCUT2D eigenvalue weighted by atomic mass is 9.58. The van der Waals surface area contributed by atoms with Gasteiger partial charge in [-0.05, 0) is 32.6 Å². The first-order valence-corrected chi connectivity index (χ1v) is 7.60. The van der Waals surface area contributed by atoms with Crippen molar-refractivity contribution in [2.75, 3.05) is 0 Å². The molecule has 2 aliphatic carbocycles. The van der Waals surface area contributed by atoms with Crippen molar-refractivity contribution in [3.8, 4) is 0 Å². The van der Waals surface area contributed by atoms with Gasteiger partial charge in [-0.15, -0.1) is 0 Å². The van der Waals surface area contributed by atoms with Crippen LogP contribution in [-0.2, 0) is 19.1 Å². The Kier molecular flexibility index (Phi) is 3.23. The standard InChI is InChI=1S/C17H22O4/c1-9-6-5-7-17(4)13(9)8-12-10(2)16(19)21-14(12)15(17)20-11(3)18/h12,14-15H,2,5-8H2,1,3-4H3/t12-,14+,15+,17+/m0/s1. The fraction of sp³-hybridized carbons (Fsp3) is 0.647. The molecule has 0 spiro atoms. The lowest BCUT2D eigenvalue weighted by Gasteiger charge is -2.49. The van der Waals surface area contributed by atoms with E-state index in [-0.39, 0.29) is 29.4 Å². The fourth-order valence-corrected chi connectivity index (χ4v) is 4.33. The molecule has 0 amide bonds. The van der Waals surface area contributed by atoms with E-state index in [1.165, 1.54) is 18.1 Å². The predicted octanol–water partition coefficient (Wildman–Crippen LogP) is 2.93. The highest BCUT2D eigenvalue weighted by molar-refractivity contribution is 5.91. The van der Waals surface area contributed by atoms with Gasteiger partial charge < -0.3 is 9.47 Å². The highest BCUT2D eigenvalue weighted by Gasteiger charge is 2.58. The van der Waals surface area contributed by atoms with Crippen LogP contribution in [0.2, 0.25) is 0 Å². The van der Waals surface area contributed by atoms with E-state index in [4.69, 9.17) is 9.47 Å². The molecule has 0 radical (unpaired) electrons. The summed E-state index contributed by atoms with van der Waals surface area (Å²) in [4.78, 5) is 23.4. The Morgan fingerprint density at radius 3 is 2.86 bits per heavy atom. The Labute approximate surface area is 125 Å². The third-order valence-corrected chi connectivity index (χ3v) is 5.45. The molecule has 0 bridgehead atoms. The molecule has 4 nitrogen and oxygen atoms in total. The predicted molar refractivity (Wildman–Crippen MR) is 77.3 cm³/mol. The van der Waals surface area contributed by atoms with Gasteiger partial charge in [0, 0.05) is 23.8 Å². The van der Waals surface area contributed by atoms with Crippen molar-refractivity contribution >= 4 is 11.9 Å². The molecule has 4 heteroatoms. The average molecular weight is 290 g/mol. The van der Waals surface area contributed by atoms with Gasteiger partial charge in [0.1, 0.15) is 12.2 Å². The lowest BCUT2D eigenvalue weighted by molar-refractivity contribution is -0.174. The van der Waals surface area contributed by atoms with Gasteiger partial charge in [-0.25, -0.2) is 4.79 Å². The lowest BCUT2D eigenvalue weighted by Crippen LogP contribution is -2.53. The topological polar surface area (TPSA) is 52.6 Å². The van der Waals surface area contributed by atoms with E-state index < -0.39 is 6.10 Å². The molecule has 0 N–H and O–H groups in total. The maximum Gasteiger partial charge on any atom is 0.334 e. The molecule has 1 heterocycles. The Morgan fingerprint density at radius 2 is 2.19 bits per heavy atom. The van der Waals surface area contributed by atoms with Crippen LogP contribution in [0, 0.1) is 11.3 Å². The molecular formula is C17H22O4. The van der Waals surface area contributed by atoms with Crippen LogP contribution in [0.1, 0.15) is 46.5 Å². The maximum absolute atomic E-state index is 11.9. The van der Waals surface area contributed by atoms with Crippen LogP contribution < -0.4 is 0 Å².